The number of ether oxygens (including phenoxy) is 1. The van der Waals surface area contributed by atoms with Crippen molar-refractivity contribution in [2.75, 3.05) is 7.11 Å². The maximum atomic E-state index is 6.18. The SMILES string of the molecule is COCc1nnc2sc(CC(N)CC(C)(C)C)nn12. The number of methoxy groups -OCH3 is 1. The summed E-state index contributed by atoms with van der Waals surface area (Å²) in [4.78, 5) is 0.796. The Morgan fingerprint density at radius 3 is 2.74 bits per heavy atom. The van der Waals surface area contributed by atoms with Crippen molar-refractivity contribution in [3.8, 4) is 0 Å². The highest BCUT2D eigenvalue weighted by atomic mass is 32.1. The molecular weight excluding hydrogens is 262 g/mol. The quantitative estimate of drug-likeness (QED) is 0.902. The number of rotatable bonds is 5. The van der Waals surface area contributed by atoms with Gasteiger partial charge in [-0.2, -0.15) is 9.61 Å². The van der Waals surface area contributed by atoms with E-state index in [1.54, 1.807) is 23.0 Å². The van der Waals surface area contributed by atoms with E-state index in [4.69, 9.17) is 10.5 Å². The summed E-state index contributed by atoms with van der Waals surface area (Å²) in [5.74, 6) is 0.726. The predicted octanol–water partition coefficient (Wildman–Crippen LogP) is 1.64. The van der Waals surface area contributed by atoms with Gasteiger partial charge < -0.3 is 10.5 Å². The van der Waals surface area contributed by atoms with Gasteiger partial charge in [-0.15, -0.1) is 10.2 Å². The molecule has 2 aromatic heterocycles. The molecule has 0 fully saturated rings. The van der Waals surface area contributed by atoms with Gasteiger partial charge in [-0.1, -0.05) is 32.1 Å². The molecule has 1 atom stereocenters. The van der Waals surface area contributed by atoms with E-state index in [1.807, 2.05) is 0 Å². The van der Waals surface area contributed by atoms with Gasteiger partial charge in [-0.05, 0) is 11.8 Å². The first-order chi connectivity index (χ1) is 8.89. The zero-order valence-electron chi connectivity index (χ0n) is 11.9. The molecule has 6 nitrogen and oxygen atoms in total. The first-order valence-electron chi connectivity index (χ1n) is 6.33. The first kappa shape index (κ1) is 14.4. The van der Waals surface area contributed by atoms with E-state index in [1.165, 1.54) is 0 Å². The van der Waals surface area contributed by atoms with Gasteiger partial charge in [0, 0.05) is 19.6 Å². The minimum atomic E-state index is 0.120. The fourth-order valence-corrected chi connectivity index (χ4v) is 3.03. The van der Waals surface area contributed by atoms with E-state index in [9.17, 15) is 0 Å². The van der Waals surface area contributed by atoms with Gasteiger partial charge in [-0.3, -0.25) is 0 Å². The molecule has 0 bridgehead atoms. The summed E-state index contributed by atoms with van der Waals surface area (Å²) in [5, 5.41) is 13.6. The van der Waals surface area contributed by atoms with Crippen LogP contribution < -0.4 is 5.73 Å². The third-order valence-corrected chi connectivity index (χ3v) is 3.60. The Labute approximate surface area is 117 Å². The molecule has 0 saturated carbocycles. The van der Waals surface area contributed by atoms with Crippen molar-refractivity contribution in [2.45, 2.75) is 46.3 Å². The minimum absolute atomic E-state index is 0.120. The highest BCUT2D eigenvalue weighted by molar-refractivity contribution is 7.16. The molecule has 0 aliphatic heterocycles. The van der Waals surface area contributed by atoms with Crippen LogP contribution in [-0.2, 0) is 17.8 Å². The number of fused-ring (bicyclic) bond motifs is 1. The van der Waals surface area contributed by atoms with Crippen molar-refractivity contribution in [1.29, 1.82) is 0 Å². The number of nitrogens with zero attached hydrogens (tertiary/aromatic N) is 4. The molecule has 0 aromatic carbocycles. The molecule has 0 aliphatic carbocycles. The summed E-state index contributed by atoms with van der Waals surface area (Å²) >= 11 is 1.54. The van der Waals surface area contributed by atoms with Crippen molar-refractivity contribution >= 4 is 16.3 Å². The largest absolute Gasteiger partial charge is 0.377 e. The van der Waals surface area contributed by atoms with Crippen LogP contribution in [0.15, 0.2) is 0 Å². The number of hydrogen-bond acceptors (Lipinski definition) is 6. The van der Waals surface area contributed by atoms with Crippen LogP contribution in [0.1, 0.15) is 38.0 Å². The molecular formula is C12H21N5OS. The average molecular weight is 283 g/mol. The van der Waals surface area contributed by atoms with E-state index in [0.29, 0.717) is 6.61 Å². The predicted molar refractivity (Wildman–Crippen MR) is 75.1 cm³/mol. The Morgan fingerprint density at radius 1 is 1.37 bits per heavy atom. The van der Waals surface area contributed by atoms with E-state index in [-0.39, 0.29) is 11.5 Å². The highest BCUT2D eigenvalue weighted by Gasteiger charge is 2.18. The molecule has 0 radical (unpaired) electrons. The lowest BCUT2D eigenvalue weighted by molar-refractivity contribution is 0.176. The summed E-state index contributed by atoms with van der Waals surface area (Å²) in [6.45, 7) is 7.00. The topological polar surface area (TPSA) is 78.3 Å². The zero-order chi connectivity index (χ0) is 14.0. The van der Waals surface area contributed by atoms with Gasteiger partial charge in [0.1, 0.15) is 11.6 Å². The molecule has 2 heterocycles. The Morgan fingerprint density at radius 2 is 2.11 bits per heavy atom. The standard InChI is InChI=1S/C12H21N5OS/c1-12(2,3)6-8(13)5-10-16-17-9(7-18-4)14-15-11(17)19-10/h8H,5-7,13H2,1-4H3. The molecule has 0 spiro atoms. The van der Waals surface area contributed by atoms with Gasteiger partial charge in [0.15, 0.2) is 5.82 Å². The summed E-state index contributed by atoms with van der Waals surface area (Å²) in [5.41, 5.74) is 6.41. The van der Waals surface area contributed by atoms with Gasteiger partial charge >= 0.3 is 0 Å². The van der Waals surface area contributed by atoms with E-state index >= 15 is 0 Å². The fourth-order valence-electron chi connectivity index (χ4n) is 2.08. The van der Waals surface area contributed by atoms with Crippen LogP contribution in [0, 0.1) is 5.41 Å². The van der Waals surface area contributed by atoms with Crippen LogP contribution in [0.2, 0.25) is 0 Å². The van der Waals surface area contributed by atoms with Crippen molar-refractivity contribution in [2.24, 2.45) is 11.1 Å². The van der Waals surface area contributed by atoms with E-state index < -0.39 is 0 Å². The molecule has 0 aliphatic rings. The van der Waals surface area contributed by atoms with E-state index in [0.717, 1.165) is 28.6 Å². The van der Waals surface area contributed by atoms with Crippen molar-refractivity contribution < 1.29 is 4.74 Å². The lowest BCUT2D eigenvalue weighted by Crippen LogP contribution is -2.28. The van der Waals surface area contributed by atoms with Gasteiger partial charge in [0.2, 0.25) is 4.96 Å². The van der Waals surface area contributed by atoms with Gasteiger partial charge in [-0.25, -0.2) is 0 Å². The Kier molecular flexibility index (Phi) is 4.17. The zero-order valence-corrected chi connectivity index (χ0v) is 12.7. The molecule has 1 unspecified atom stereocenters. The second-order valence-corrected chi connectivity index (χ2v) is 7.01. The lowest BCUT2D eigenvalue weighted by Gasteiger charge is -2.22. The number of hydrogen-bond donors (Lipinski definition) is 1. The molecule has 2 aromatic rings. The minimum Gasteiger partial charge on any atom is -0.377 e. The van der Waals surface area contributed by atoms with Crippen LogP contribution in [-0.4, -0.2) is 33.0 Å². The summed E-state index contributed by atoms with van der Waals surface area (Å²) in [6.07, 6.45) is 1.75. The highest BCUT2D eigenvalue weighted by Crippen LogP contribution is 2.23. The third-order valence-electron chi connectivity index (χ3n) is 2.68. The van der Waals surface area contributed by atoms with Crippen LogP contribution in [0.4, 0.5) is 0 Å². The second kappa shape index (κ2) is 5.52. The lowest BCUT2D eigenvalue weighted by atomic mass is 9.87. The summed E-state index contributed by atoms with van der Waals surface area (Å²) < 4.78 is 6.81. The summed E-state index contributed by atoms with van der Waals surface area (Å²) in [7, 11) is 1.63. The maximum Gasteiger partial charge on any atom is 0.234 e. The van der Waals surface area contributed by atoms with Crippen molar-refractivity contribution in [3.05, 3.63) is 10.8 Å². The molecule has 2 N–H and O–H groups in total. The van der Waals surface area contributed by atoms with Crippen LogP contribution in [0.25, 0.3) is 4.96 Å². The molecule has 0 amide bonds. The van der Waals surface area contributed by atoms with Gasteiger partial charge in [0.25, 0.3) is 0 Å². The Hall–Kier alpha value is -1.05. The van der Waals surface area contributed by atoms with Crippen molar-refractivity contribution in [3.63, 3.8) is 0 Å². The van der Waals surface area contributed by atoms with Crippen LogP contribution >= 0.6 is 11.3 Å². The van der Waals surface area contributed by atoms with Crippen molar-refractivity contribution in [1.82, 2.24) is 19.8 Å². The van der Waals surface area contributed by atoms with Crippen LogP contribution in [0.3, 0.4) is 0 Å². The monoisotopic (exact) mass is 283 g/mol. The molecule has 2 rings (SSSR count). The molecule has 19 heavy (non-hydrogen) atoms. The van der Waals surface area contributed by atoms with Gasteiger partial charge in [0.05, 0.1) is 0 Å². The molecule has 106 valence electrons. The number of nitrogens with two attached hydrogens (primary N) is 1. The average Bonchev–Trinajstić information content (AvgIpc) is 2.77. The maximum absolute atomic E-state index is 6.18. The molecule has 7 heteroatoms. The first-order valence-corrected chi connectivity index (χ1v) is 7.15. The normalized spacial score (nSPS) is 14.2. The van der Waals surface area contributed by atoms with E-state index in [2.05, 4.69) is 36.1 Å². The Bertz CT molecular complexity index is 542. The Balaban J connectivity index is 2.09. The fraction of sp³-hybridized carbons (Fsp3) is 0.750. The van der Waals surface area contributed by atoms with Crippen LogP contribution in [0.5, 0.6) is 0 Å². The third kappa shape index (κ3) is 3.71. The smallest absolute Gasteiger partial charge is 0.234 e. The number of aromatic nitrogens is 4. The second-order valence-electron chi connectivity index (χ2n) is 5.97. The molecule has 0 saturated heterocycles. The summed E-state index contributed by atoms with van der Waals surface area (Å²) in [6, 6.07) is 0.120.